The van der Waals surface area contributed by atoms with E-state index in [9.17, 15) is 0 Å². The maximum absolute atomic E-state index is 8.60. The smallest absolute Gasteiger partial charge is 0.189 e. The Morgan fingerprint density at radius 3 is 2.60 bits per heavy atom. The monoisotopic (exact) mass is 203 g/mol. The maximum Gasteiger partial charge on any atom is 0.189 e. The number of nitrogens with zero attached hydrogens (tertiary/aromatic N) is 1. The molecule has 1 aromatic carbocycles. The molecule has 3 heteroatoms. The predicted molar refractivity (Wildman–Crippen MR) is 55.3 cm³/mol. The van der Waals surface area contributed by atoms with Gasteiger partial charge in [0.05, 0.1) is 18.2 Å². The van der Waals surface area contributed by atoms with Gasteiger partial charge in [-0.2, -0.15) is 5.26 Å². The first kappa shape index (κ1) is 10.0. The molecule has 78 valence electrons. The van der Waals surface area contributed by atoms with Crippen LogP contribution in [0.4, 0.5) is 0 Å². The summed E-state index contributed by atoms with van der Waals surface area (Å²) in [6.07, 6.45) is 2.58. The molecule has 0 N–H and O–H groups in total. The minimum Gasteiger partial charge on any atom is -0.468 e. The van der Waals surface area contributed by atoms with Crippen molar-refractivity contribution in [1.29, 1.82) is 5.26 Å². The van der Waals surface area contributed by atoms with Gasteiger partial charge in [-0.15, -0.1) is 0 Å². The molecule has 1 fully saturated rings. The molecule has 1 saturated carbocycles. The topological polar surface area (TPSA) is 42.2 Å². The summed E-state index contributed by atoms with van der Waals surface area (Å²) in [6, 6.07) is 9.08. The summed E-state index contributed by atoms with van der Waals surface area (Å²) in [5.41, 5.74) is 0.640. The fourth-order valence-electron chi connectivity index (χ4n) is 1.23. The van der Waals surface area contributed by atoms with Crippen LogP contribution in [0.1, 0.15) is 18.4 Å². The van der Waals surface area contributed by atoms with Crippen LogP contribution in [-0.4, -0.2) is 13.4 Å². The molecule has 0 heterocycles. The average Bonchev–Trinajstić information content (AvgIpc) is 3.09. The highest BCUT2D eigenvalue weighted by molar-refractivity contribution is 5.34. The Labute approximate surface area is 89.2 Å². The minimum atomic E-state index is 0.294. The van der Waals surface area contributed by atoms with Gasteiger partial charge in [0.15, 0.2) is 6.79 Å². The quantitative estimate of drug-likeness (QED) is 0.544. The van der Waals surface area contributed by atoms with E-state index in [0.717, 1.165) is 18.3 Å². The van der Waals surface area contributed by atoms with E-state index in [1.165, 1.54) is 12.8 Å². The summed E-state index contributed by atoms with van der Waals surface area (Å²) < 4.78 is 10.7. The first-order chi connectivity index (χ1) is 7.38. The van der Waals surface area contributed by atoms with Crippen LogP contribution >= 0.6 is 0 Å². The lowest BCUT2D eigenvalue weighted by atomic mass is 10.2. The zero-order chi connectivity index (χ0) is 10.5. The second-order valence-electron chi connectivity index (χ2n) is 3.71. The van der Waals surface area contributed by atoms with Crippen molar-refractivity contribution in [2.24, 2.45) is 5.92 Å². The average molecular weight is 203 g/mol. The van der Waals surface area contributed by atoms with Crippen molar-refractivity contribution >= 4 is 0 Å². The SMILES string of the molecule is N#Cc1ccc(OCOCC2CC2)cc1. The molecule has 1 aliphatic carbocycles. The summed E-state index contributed by atoms with van der Waals surface area (Å²) in [5.74, 6) is 1.50. The Kier molecular flexibility index (Phi) is 3.21. The van der Waals surface area contributed by atoms with E-state index in [0.29, 0.717) is 12.4 Å². The van der Waals surface area contributed by atoms with Crippen LogP contribution in [0.15, 0.2) is 24.3 Å². The number of nitriles is 1. The normalized spacial score (nSPS) is 14.6. The van der Waals surface area contributed by atoms with Crippen molar-refractivity contribution in [2.75, 3.05) is 13.4 Å². The van der Waals surface area contributed by atoms with Crippen molar-refractivity contribution in [3.63, 3.8) is 0 Å². The lowest BCUT2D eigenvalue weighted by Gasteiger charge is -2.06. The summed E-state index contributed by atoms with van der Waals surface area (Å²) >= 11 is 0. The molecule has 1 aliphatic rings. The number of hydrogen-bond acceptors (Lipinski definition) is 3. The van der Waals surface area contributed by atoms with Gasteiger partial charge in [-0.05, 0) is 43.0 Å². The van der Waals surface area contributed by atoms with E-state index >= 15 is 0 Å². The first-order valence-corrected chi connectivity index (χ1v) is 5.09. The zero-order valence-corrected chi connectivity index (χ0v) is 8.48. The molecule has 0 atom stereocenters. The van der Waals surface area contributed by atoms with Gasteiger partial charge >= 0.3 is 0 Å². The van der Waals surface area contributed by atoms with Gasteiger partial charge < -0.3 is 9.47 Å². The number of benzene rings is 1. The molecule has 0 saturated heterocycles. The lowest BCUT2D eigenvalue weighted by Crippen LogP contribution is -2.04. The van der Waals surface area contributed by atoms with Crippen LogP contribution in [0.3, 0.4) is 0 Å². The fraction of sp³-hybridized carbons (Fsp3) is 0.417. The minimum absolute atomic E-state index is 0.294. The summed E-state index contributed by atoms with van der Waals surface area (Å²) in [5, 5.41) is 8.60. The highest BCUT2D eigenvalue weighted by atomic mass is 16.7. The van der Waals surface area contributed by atoms with Gasteiger partial charge in [-0.1, -0.05) is 0 Å². The van der Waals surface area contributed by atoms with Crippen molar-refractivity contribution in [1.82, 2.24) is 0 Å². The standard InChI is InChI=1S/C12H13NO2/c13-7-10-3-5-12(6-4-10)15-9-14-8-11-1-2-11/h3-6,11H,1-2,8-9H2. The highest BCUT2D eigenvalue weighted by Crippen LogP contribution is 2.28. The van der Waals surface area contributed by atoms with E-state index in [2.05, 4.69) is 6.07 Å². The van der Waals surface area contributed by atoms with Crippen LogP contribution in [-0.2, 0) is 4.74 Å². The van der Waals surface area contributed by atoms with Crippen molar-refractivity contribution in [3.05, 3.63) is 29.8 Å². The molecular weight excluding hydrogens is 190 g/mol. The van der Waals surface area contributed by atoms with E-state index in [1.54, 1.807) is 24.3 Å². The zero-order valence-electron chi connectivity index (χ0n) is 8.48. The molecule has 2 rings (SSSR count). The van der Waals surface area contributed by atoms with Crippen molar-refractivity contribution in [3.8, 4) is 11.8 Å². The van der Waals surface area contributed by atoms with Gasteiger partial charge in [0.1, 0.15) is 5.75 Å². The van der Waals surface area contributed by atoms with E-state index in [1.807, 2.05) is 0 Å². The van der Waals surface area contributed by atoms with Gasteiger partial charge in [0.25, 0.3) is 0 Å². The molecule has 0 unspecified atom stereocenters. The summed E-state index contributed by atoms with van der Waals surface area (Å²) in [4.78, 5) is 0. The summed E-state index contributed by atoms with van der Waals surface area (Å²) in [6.45, 7) is 1.10. The molecule has 1 aromatic rings. The Morgan fingerprint density at radius 1 is 1.27 bits per heavy atom. The maximum atomic E-state index is 8.60. The molecule has 0 radical (unpaired) electrons. The molecule has 3 nitrogen and oxygen atoms in total. The van der Waals surface area contributed by atoms with Gasteiger partial charge in [-0.25, -0.2) is 0 Å². The second-order valence-corrected chi connectivity index (χ2v) is 3.71. The molecule has 0 bridgehead atoms. The van der Waals surface area contributed by atoms with Crippen LogP contribution in [0.2, 0.25) is 0 Å². The molecule has 0 aliphatic heterocycles. The van der Waals surface area contributed by atoms with Crippen molar-refractivity contribution < 1.29 is 9.47 Å². The molecular formula is C12H13NO2. The number of hydrogen-bond donors (Lipinski definition) is 0. The van der Waals surface area contributed by atoms with Crippen LogP contribution in [0.5, 0.6) is 5.75 Å². The van der Waals surface area contributed by atoms with Crippen LogP contribution in [0, 0.1) is 17.2 Å². The molecule has 0 spiro atoms. The Morgan fingerprint density at radius 2 is 2.00 bits per heavy atom. The molecule has 0 amide bonds. The second kappa shape index (κ2) is 4.81. The fourth-order valence-corrected chi connectivity index (χ4v) is 1.23. The largest absolute Gasteiger partial charge is 0.468 e. The third-order valence-electron chi connectivity index (χ3n) is 2.34. The van der Waals surface area contributed by atoms with Gasteiger partial charge in [0, 0.05) is 0 Å². The molecule has 15 heavy (non-hydrogen) atoms. The Hall–Kier alpha value is -1.53. The highest BCUT2D eigenvalue weighted by Gasteiger charge is 2.20. The summed E-state index contributed by atoms with van der Waals surface area (Å²) in [7, 11) is 0. The van der Waals surface area contributed by atoms with Crippen LogP contribution in [0.25, 0.3) is 0 Å². The first-order valence-electron chi connectivity index (χ1n) is 5.09. The number of ether oxygens (including phenoxy) is 2. The van der Waals surface area contributed by atoms with E-state index < -0.39 is 0 Å². The Balaban J connectivity index is 1.70. The predicted octanol–water partition coefficient (Wildman–Crippen LogP) is 2.32. The van der Waals surface area contributed by atoms with Gasteiger partial charge in [-0.3, -0.25) is 0 Å². The third-order valence-corrected chi connectivity index (χ3v) is 2.34. The van der Waals surface area contributed by atoms with Crippen molar-refractivity contribution in [2.45, 2.75) is 12.8 Å². The van der Waals surface area contributed by atoms with Gasteiger partial charge in [0.2, 0.25) is 0 Å². The van der Waals surface area contributed by atoms with E-state index in [-0.39, 0.29) is 0 Å². The van der Waals surface area contributed by atoms with Crippen LogP contribution < -0.4 is 4.74 Å². The van der Waals surface area contributed by atoms with E-state index in [4.69, 9.17) is 14.7 Å². The third kappa shape index (κ3) is 3.26. The lowest BCUT2D eigenvalue weighted by molar-refractivity contribution is 0.00998. The number of rotatable bonds is 5. The molecule has 0 aromatic heterocycles. The Bertz CT molecular complexity index is 349.